The third-order valence-electron chi connectivity index (χ3n) is 5.76. The molecule has 1 saturated carbocycles. The maximum Gasteiger partial charge on any atom is 0.251 e. The van der Waals surface area contributed by atoms with Crippen LogP contribution in [0.15, 0.2) is 48.5 Å². The van der Waals surface area contributed by atoms with E-state index in [-0.39, 0.29) is 17.9 Å². The SMILES string of the molecule is Cc1ccc(-c2ccc(C(=O)NC3CCN(CC(=O)NC4CC4)CC3)cc2)cc1. The zero-order valence-electron chi connectivity index (χ0n) is 17.0. The molecule has 1 heterocycles. The van der Waals surface area contributed by atoms with Crippen LogP contribution < -0.4 is 10.6 Å². The first-order valence-corrected chi connectivity index (χ1v) is 10.6. The Bertz CT molecular complexity index is 849. The first kappa shape index (κ1) is 19.6. The molecule has 152 valence electrons. The Morgan fingerprint density at radius 3 is 1.97 bits per heavy atom. The second kappa shape index (κ2) is 8.78. The Morgan fingerprint density at radius 2 is 1.38 bits per heavy atom. The molecule has 29 heavy (non-hydrogen) atoms. The van der Waals surface area contributed by atoms with E-state index in [0.29, 0.717) is 18.2 Å². The largest absolute Gasteiger partial charge is 0.352 e. The molecule has 0 atom stereocenters. The number of piperidine rings is 1. The topological polar surface area (TPSA) is 61.4 Å². The Kier molecular flexibility index (Phi) is 5.95. The minimum Gasteiger partial charge on any atom is -0.352 e. The standard InChI is InChI=1S/C24H29N3O2/c1-17-2-4-18(5-3-17)19-6-8-20(9-7-19)24(29)26-22-12-14-27(15-13-22)16-23(28)25-21-10-11-21/h2-9,21-22H,10-16H2,1H3,(H,25,28)(H,26,29). The highest BCUT2D eigenvalue weighted by atomic mass is 16.2. The van der Waals surface area contributed by atoms with Gasteiger partial charge >= 0.3 is 0 Å². The molecule has 4 rings (SSSR count). The van der Waals surface area contributed by atoms with Gasteiger partial charge in [-0.05, 0) is 55.9 Å². The highest BCUT2D eigenvalue weighted by molar-refractivity contribution is 5.94. The number of carbonyl (C=O) groups excluding carboxylic acids is 2. The van der Waals surface area contributed by atoms with Crippen LogP contribution in [0.5, 0.6) is 0 Å². The number of nitrogens with one attached hydrogen (secondary N) is 2. The molecule has 2 aromatic rings. The highest BCUT2D eigenvalue weighted by Crippen LogP contribution is 2.21. The Labute approximate surface area is 172 Å². The van der Waals surface area contributed by atoms with Crippen molar-refractivity contribution in [2.75, 3.05) is 19.6 Å². The first-order chi connectivity index (χ1) is 14.1. The summed E-state index contributed by atoms with van der Waals surface area (Å²) in [5.74, 6) is 0.106. The number of carbonyl (C=O) groups is 2. The monoisotopic (exact) mass is 391 g/mol. The third-order valence-corrected chi connectivity index (χ3v) is 5.76. The maximum absolute atomic E-state index is 12.6. The van der Waals surface area contributed by atoms with E-state index in [4.69, 9.17) is 0 Å². The summed E-state index contributed by atoms with van der Waals surface area (Å²) < 4.78 is 0. The third kappa shape index (κ3) is 5.45. The quantitative estimate of drug-likeness (QED) is 0.795. The molecule has 0 bridgehead atoms. The molecule has 1 aliphatic heterocycles. The van der Waals surface area contributed by atoms with Gasteiger partial charge in [0, 0.05) is 30.7 Å². The van der Waals surface area contributed by atoms with Crippen LogP contribution in [-0.4, -0.2) is 48.4 Å². The van der Waals surface area contributed by atoms with Crippen molar-refractivity contribution in [1.29, 1.82) is 0 Å². The number of hydrogen-bond donors (Lipinski definition) is 2. The number of nitrogens with zero attached hydrogens (tertiary/aromatic N) is 1. The van der Waals surface area contributed by atoms with E-state index >= 15 is 0 Å². The maximum atomic E-state index is 12.6. The van der Waals surface area contributed by atoms with Gasteiger partial charge in [-0.3, -0.25) is 14.5 Å². The lowest BCUT2D eigenvalue weighted by Crippen LogP contribution is -2.47. The summed E-state index contributed by atoms with van der Waals surface area (Å²) in [6.07, 6.45) is 3.99. The molecule has 1 saturated heterocycles. The van der Waals surface area contributed by atoms with Gasteiger partial charge in [-0.2, -0.15) is 0 Å². The minimum absolute atomic E-state index is 0.0228. The molecule has 2 amide bonds. The molecule has 2 aliphatic rings. The van der Waals surface area contributed by atoms with Crippen LogP contribution >= 0.6 is 0 Å². The number of rotatable bonds is 6. The second-order valence-corrected chi connectivity index (χ2v) is 8.31. The Morgan fingerprint density at radius 1 is 0.828 bits per heavy atom. The van der Waals surface area contributed by atoms with E-state index in [1.807, 2.05) is 24.3 Å². The Balaban J connectivity index is 1.25. The van der Waals surface area contributed by atoms with Crippen LogP contribution in [0.4, 0.5) is 0 Å². The average molecular weight is 392 g/mol. The highest BCUT2D eigenvalue weighted by Gasteiger charge is 2.26. The summed E-state index contributed by atoms with van der Waals surface area (Å²) >= 11 is 0. The van der Waals surface area contributed by atoms with Crippen molar-refractivity contribution in [1.82, 2.24) is 15.5 Å². The fourth-order valence-electron chi connectivity index (χ4n) is 3.77. The molecule has 2 aromatic carbocycles. The molecule has 0 spiro atoms. The van der Waals surface area contributed by atoms with Crippen LogP contribution in [-0.2, 0) is 4.79 Å². The van der Waals surface area contributed by atoms with Gasteiger partial charge in [0.1, 0.15) is 0 Å². The zero-order valence-corrected chi connectivity index (χ0v) is 17.0. The van der Waals surface area contributed by atoms with Crippen LogP contribution in [0.3, 0.4) is 0 Å². The van der Waals surface area contributed by atoms with Gasteiger partial charge in [-0.1, -0.05) is 42.0 Å². The summed E-state index contributed by atoms with van der Waals surface area (Å²) in [7, 11) is 0. The molecule has 5 heteroatoms. The molecule has 1 aliphatic carbocycles. The van der Waals surface area contributed by atoms with Gasteiger partial charge < -0.3 is 10.6 Å². The lowest BCUT2D eigenvalue weighted by Gasteiger charge is -2.31. The van der Waals surface area contributed by atoms with Crippen molar-refractivity contribution in [2.24, 2.45) is 0 Å². The average Bonchev–Trinajstić information content (AvgIpc) is 3.54. The second-order valence-electron chi connectivity index (χ2n) is 8.31. The fraction of sp³-hybridized carbons (Fsp3) is 0.417. The van der Waals surface area contributed by atoms with Gasteiger partial charge in [0.2, 0.25) is 5.91 Å². The number of benzene rings is 2. The number of likely N-dealkylation sites (tertiary alicyclic amines) is 1. The van der Waals surface area contributed by atoms with E-state index in [2.05, 4.69) is 46.7 Å². The number of hydrogen-bond acceptors (Lipinski definition) is 3. The molecular formula is C24H29N3O2. The van der Waals surface area contributed by atoms with Crippen molar-refractivity contribution in [2.45, 2.75) is 44.7 Å². The summed E-state index contributed by atoms with van der Waals surface area (Å²) in [4.78, 5) is 26.7. The predicted molar refractivity (Wildman–Crippen MR) is 115 cm³/mol. The fourth-order valence-corrected chi connectivity index (χ4v) is 3.77. The van der Waals surface area contributed by atoms with Crippen molar-refractivity contribution >= 4 is 11.8 Å². The molecule has 0 aromatic heterocycles. The molecular weight excluding hydrogens is 362 g/mol. The molecule has 2 N–H and O–H groups in total. The van der Waals surface area contributed by atoms with Crippen molar-refractivity contribution < 1.29 is 9.59 Å². The molecule has 2 fully saturated rings. The summed E-state index contributed by atoms with van der Waals surface area (Å²) in [6, 6.07) is 16.8. The molecule has 0 unspecified atom stereocenters. The van der Waals surface area contributed by atoms with Gasteiger partial charge in [-0.15, -0.1) is 0 Å². The predicted octanol–water partition coefficient (Wildman–Crippen LogP) is 3.13. The van der Waals surface area contributed by atoms with E-state index in [1.165, 1.54) is 5.56 Å². The normalized spacial score (nSPS) is 17.7. The smallest absolute Gasteiger partial charge is 0.251 e. The van der Waals surface area contributed by atoms with E-state index in [1.54, 1.807) is 0 Å². The summed E-state index contributed by atoms with van der Waals surface area (Å²) in [5.41, 5.74) is 4.19. The van der Waals surface area contributed by atoms with Crippen LogP contribution in [0.25, 0.3) is 11.1 Å². The molecule has 5 nitrogen and oxygen atoms in total. The van der Waals surface area contributed by atoms with Crippen molar-refractivity contribution in [3.05, 3.63) is 59.7 Å². The van der Waals surface area contributed by atoms with Gasteiger partial charge in [0.15, 0.2) is 0 Å². The summed E-state index contributed by atoms with van der Waals surface area (Å²) in [5, 5.41) is 6.19. The van der Waals surface area contributed by atoms with Crippen molar-refractivity contribution in [3.63, 3.8) is 0 Å². The number of aryl methyl sites for hydroxylation is 1. The van der Waals surface area contributed by atoms with E-state index in [9.17, 15) is 9.59 Å². The number of amides is 2. The van der Waals surface area contributed by atoms with Crippen LogP contribution in [0, 0.1) is 6.92 Å². The van der Waals surface area contributed by atoms with Crippen LogP contribution in [0.1, 0.15) is 41.6 Å². The first-order valence-electron chi connectivity index (χ1n) is 10.6. The van der Waals surface area contributed by atoms with Gasteiger partial charge in [0.05, 0.1) is 6.54 Å². The van der Waals surface area contributed by atoms with Gasteiger partial charge in [0.25, 0.3) is 5.91 Å². The Hall–Kier alpha value is -2.66. The zero-order chi connectivity index (χ0) is 20.2. The van der Waals surface area contributed by atoms with E-state index in [0.717, 1.165) is 49.9 Å². The summed E-state index contributed by atoms with van der Waals surface area (Å²) in [6.45, 7) is 4.23. The lowest BCUT2D eigenvalue weighted by molar-refractivity contribution is -0.122. The van der Waals surface area contributed by atoms with Gasteiger partial charge in [-0.25, -0.2) is 0 Å². The minimum atomic E-state index is -0.0228. The van der Waals surface area contributed by atoms with Crippen molar-refractivity contribution in [3.8, 4) is 11.1 Å². The lowest BCUT2D eigenvalue weighted by atomic mass is 10.0. The van der Waals surface area contributed by atoms with E-state index < -0.39 is 0 Å². The molecule has 0 radical (unpaired) electrons. The van der Waals surface area contributed by atoms with Crippen LogP contribution in [0.2, 0.25) is 0 Å².